The Bertz CT molecular complexity index is 872. The van der Waals surface area contributed by atoms with Crippen molar-refractivity contribution in [2.45, 2.75) is 32.1 Å². The topological polar surface area (TPSA) is 91.1 Å². The minimum atomic E-state index is -0.414. The molecular weight excluding hydrogens is 398 g/mol. The van der Waals surface area contributed by atoms with Crippen molar-refractivity contribution in [3.63, 3.8) is 0 Å². The number of benzene rings is 1. The summed E-state index contributed by atoms with van der Waals surface area (Å²) >= 11 is 3.25. The maximum Gasteiger partial charge on any atom is 0.271 e. The number of H-pyrrole nitrogens is 1. The van der Waals surface area contributed by atoms with Gasteiger partial charge in [-0.2, -0.15) is 0 Å². The van der Waals surface area contributed by atoms with Crippen LogP contribution in [-0.2, 0) is 4.79 Å². The van der Waals surface area contributed by atoms with Gasteiger partial charge in [0.1, 0.15) is 5.69 Å². The molecule has 1 fully saturated rings. The summed E-state index contributed by atoms with van der Waals surface area (Å²) in [5, 5.41) is 5.48. The molecular formula is C19H20BrN3O3. The van der Waals surface area contributed by atoms with Gasteiger partial charge in [-0.1, -0.05) is 25.3 Å². The van der Waals surface area contributed by atoms with E-state index < -0.39 is 5.91 Å². The zero-order chi connectivity index (χ0) is 18.5. The van der Waals surface area contributed by atoms with Gasteiger partial charge in [0.2, 0.25) is 5.91 Å². The minimum absolute atomic E-state index is 0.00527. The number of anilines is 2. The second kappa shape index (κ2) is 8.31. The highest BCUT2D eigenvalue weighted by Gasteiger charge is 2.21. The van der Waals surface area contributed by atoms with Crippen LogP contribution in [0.5, 0.6) is 0 Å². The first-order valence-electron chi connectivity index (χ1n) is 8.63. The quantitative estimate of drug-likeness (QED) is 0.703. The van der Waals surface area contributed by atoms with Gasteiger partial charge in [0.05, 0.1) is 0 Å². The molecule has 2 amide bonds. The second-order valence-corrected chi connectivity index (χ2v) is 7.34. The Hall–Kier alpha value is -2.41. The van der Waals surface area contributed by atoms with Crippen LogP contribution < -0.4 is 16.2 Å². The minimum Gasteiger partial charge on any atom is -0.326 e. The molecule has 136 valence electrons. The fourth-order valence-electron chi connectivity index (χ4n) is 3.09. The highest BCUT2D eigenvalue weighted by atomic mass is 79.9. The van der Waals surface area contributed by atoms with E-state index in [9.17, 15) is 14.4 Å². The van der Waals surface area contributed by atoms with Gasteiger partial charge in [0, 0.05) is 27.8 Å². The lowest BCUT2D eigenvalue weighted by Crippen LogP contribution is -2.25. The largest absolute Gasteiger partial charge is 0.326 e. The summed E-state index contributed by atoms with van der Waals surface area (Å²) in [7, 11) is 0. The first kappa shape index (κ1) is 18.4. The lowest BCUT2D eigenvalue weighted by molar-refractivity contribution is -0.120. The number of carbonyl (C=O) groups excluding carboxylic acids is 2. The molecule has 1 aliphatic rings. The predicted molar refractivity (Wildman–Crippen MR) is 104 cm³/mol. The first-order chi connectivity index (χ1) is 12.5. The summed E-state index contributed by atoms with van der Waals surface area (Å²) in [5.41, 5.74) is 0.714. The van der Waals surface area contributed by atoms with Crippen molar-refractivity contribution in [3.8, 4) is 0 Å². The number of amides is 2. The van der Waals surface area contributed by atoms with Gasteiger partial charge in [-0.25, -0.2) is 0 Å². The van der Waals surface area contributed by atoms with Gasteiger partial charge in [0.15, 0.2) is 0 Å². The number of pyridine rings is 1. The number of aromatic amines is 1. The molecule has 1 aromatic heterocycles. The van der Waals surface area contributed by atoms with E-state index in [1.54, 1.807) is 24.3 Å². The highest BCUT2D eigenvalue weighted by Crippen LogP contribution is 2.25. The van der Waals surface area contributed by atoms with Gasteiger partial charge in [0.25, 0.3) is 11.5 Å². The molecule has 0 atom stereocenters. The molecule has 0 radical (unpaired) electrons. The SMILES string of the molecule is O=C(Nc1cc(Br)c[nH]c1=O)c1cccc(NC(=O)C2CCCCC2)c1. The molecule has 7 heteroatoms. The van der Waals surface area contributed by atoms with E-state index >= 15 is 0 Å². The average Bonchev–Trinajstić information content (AvgIpc) is 2.65. The van der Waals surface area contributed by atoms with Crippen LogP contribution in [0.2, 0.25) is 0 Å². The zero-order valence-electron chi connectivity index (χ0n) is 14.2. The molecule has 0 spiro atoms. The van der Waals surface area contributed by atoms with Crippen molar-refractivity contribution in [2.75, 3.05) is 10.6 Å². The van der Waals surface area contributed by atoms with Gasteiger partial charge < -0.3 is 15.6 Å². The molecule has 1 aromatic carbocycles. The summed E-state index contributed by atoms with van der Waals surface area (Å²) < 4.78 is 0.654. The van der Waals surface area contributed by atoms with Crippen LogP contribution in [0.3, 0.4) is 0 Å². The Morgan fingerprint density at radius 2 is 1.85 bits per heavy atom. The van der Waals surface area contributed by atoms with Crippen LogP contribution in [0.15, 0.2) is 45.8 Å². The maximum absolute atomic E-state index is 12.4. The monoisotopic (exact) mass is 417 g/mol. The third-order valence-corrected chi connectivity index (χ3v) is 4.94. The normalized spacial score (nSPS) is 14.7. The van der Waals surface area contributed by atoms with Crippen molar-refractivity contribution < 1.29 is 9.59 Å². The van der Waals surface area contributed by atoms with Crippen molar-refractivity contribution in [2.24, 2.45) is 5.92 Å². The van der Waals surface area contributed by atoms with Crippen molar-refractivity contribution >= 4 is 39.1 Å². The summed E-state index contributed by atoms with van der Waals surface area (Å²) in [5.74, 6) is -0.366. The van der Waals surface area contributed by atoms with E-state index in [1.807, 2.05) is 0 Å². The third kappa shape index (κ3) is 4.60. The van der Waals surface area contributed by atoms with Gasteiger partial charge in [-0.05, 0) is 53.0 Å². The molecule has 0 aliphatic heterocycles. The summed E-state index contributed by atoms with van der Waals surface area (Å²) in [6.07, 6.45) is 6.69. The molecule has 3 rings (SSSR count). The molecule has 3 N–H and O–H groups in total. The Balaban J connectivity index is 1.70. The van der Waals surface area contributed by atoms with E-state index in [1.165, 1.54) is 18.7 Å². The molecule has 26 heavy (non-hydrogen) atoms. The smallest absolute Gasteiger partial charge is 0.271 e. The van der Waals surface area contributed by atoms with Crippen LogP contribution in [0, 0.1) is 5.92 Å². The van der Waals surface area contributed by atoms with Crippen LogP contribution in [0.1, 0.15) is 42.5 Å². The second-order valence-electron chi connectivity index (χ2n) is 6.42. The molecule has 0 unspecified atom stereocenters. The summed E-state index contributed by atoms with van der Waals surface area (Å²) in [4.78, 5) is 39.1. The number of carbonyl (C=O) groups is 2. The lowest BCUT2D eigenvalue weighted by atomic mass is 9.88. The molecule has 0 saturated heterocycles. The highest BCUT2D eigenvalue weighted by molar-refractivity contribution is 9.10. The van der Waals surface area contributed by atoms with E-state index in [0.29, 0.717) is 15.7 Å². The van der Waals surface area contributed by atoms with E-state index in [4.69, 9.17) is 0 Å². The van der Waals surface area contributed by atoms with E-state index in [0.717, 1.165) is 25.7 Å². The fraction of sp³-hybridized carbons (Fsp3) is 0.316. The lowest BCUT2D eigenvalue weighted by Gasteiger charge is -2.20. The molecule has 1 heterocycles. The zero-order valence-corrected chi connectivity index (χ0v) is 15.8. The first-order valence-corrected chi connectivity index (χ1v) is 9.43. The van der Waals surface area contributed by atoms with Crippen LogP contribution >= 0.6 is 15.9 Å². The van der Waals surface area contributed by atoms with E-state index in [-0.39, 0.29) is 23.1 Å². The summed E-state index contributed by atoms with van der Waals surface area (Å²) in [6.45, 7) is 0. The number of hydrogen-bond acceptors (Lipinski definition) is 3. The third-order valence-electron chi connectivity index (χ3n) is 4.48. The summed E-state index contributed by atoms with van der Waals surface area (Å²) in [6, 6.07) is 8.24. The maximum atomic E-state index is 12.4. The standard InChI is InChI=1S/C19H20BrN3O3/c20-14-10-16(19(26)21-11-14)23-18(25)13-7-4-8-15(9-13)22-17(24)12-5-2-1-3-6-12/h4,7-12H,1-3,5-6H2,(H,21,26)(H,22,24)(H,23,25). The Morgan fingerprint density at radius 3 is 2.62 bits per heavy atom. The molecule has 2 aromatic rings. The molecule has 6 nitrogen and oxygen atoms in total. The number of nitrogens with one attached hydrogen (secondary N) is 3. The Labute approximate surface area is 159 Å². The number of halogens is 1. The van der Waals surface area contributed by atoms with Crippen LogP contribution in [0.25, 0.3) is 0 Å². The Morgan fingerprint density at radius 1 is 1.08 bits per heavy atom. The Kier molecular flexibility index (Phi) is 5.88. The fourth-order valence-corrected chi connectivity index (χ4v) is 3.44. The predicted octanol–water partition coefficient (Wildman–Crippen LogP) is 3.91. The van der Waals surface area contributed by atoms with Crippen LogP contribution in [-0.4, -0.2) is 16.8 Å². The average molecular weight is 418 g/mol. The van der Waals surface area contributed by atoms with E-state index in [2.05, 4.69) is 31.5 Å². The molecule has 1 saturated carbocycles. The van der Waals surface area contributed by atoms with Gasteiger partial charge in [-0.15, -0.1) is 0 Å². The van der Waals surface area contributed by atoms with Crippen molar-refractivity contribution in [3.05, 3.63) is 56.9 Å². The number of rotatable bonds is 4. The van der Waals surface area contributed by atoms with Gasteiger partial charge in [-0.3, -0.25) is 14.4 Å². The number of aromatic nitrogens is 1. The molecule has 1 aliphatic carbocycles. The van der Waals surface area contributed by atoms with Crippen LogP contribution in [0.4, 0.5) is 11.4 Å². The van der Waals surface area contributed by atoms with Crippen molar-refractivity contribution in [1.82, 2.24) is 4.98 Å². The van der Waals surface area contributed by atoms with Crippen molar-refractivity contribution in [1.29, 1.82) is 0 Å². The van der Waals surface area contributed by atoms with Gasteiger partial charge >= 0.3 is 0 Å². The molecule has 0 bridgehead atoms. The number of hydrogen-bond donors (Lipinski definition) is 3.